The minimum Gasteiger partial charge on any atom is -0.465 e. The molecule has 0 spiro atoms. The first-order valence-electron chi connectivity index (χ1n) is 3.44. The lowest BCUT2D eigenvalue weighted by Gasteiger charge is -2.14. The van der Waals surface area contributed by atoms with Gasteiger partial charge in [0, 0.05) is 5.56 Å². The van der Waals surface area contributed by atoms with Crippen molar-refractivity contribution in [2.75, 3.05) is 0 Å². The highest BCUT2D eigenvalue weighted by Crippen LogP contribution is 2.34. The molecule has 0 aromatic heterocycles. The smallest absolute Gasteiger partial charge is 0.131 e. The molecule has 1 aliphatic rings. The van der Waals surface area contributed by atoms with E-state index in [0.717, 1.165) is 5.75 Å². The van der Waals surface area contributed by atoms with E-state index in [9.17, 15) is 0 Å². The van der Waals surface area contributed by atoms with Gasteiger partial charge in [-0.2, -0.15) is 0 Å². The van der Waals surface area contributed by atoms with Crippen molar-refractivity contribution in [3.63, 3.8) is 0 Å². The summed E-state index contributed by atoms with van der Waals surface area (Å²) in [7, 11) is 0. The SMILES string of the molecule is BrC1C=COc2ccccc21. The molecule has 0 fully saturated rings. The monoisotopic (exact) mass is 210 g/mol. The molecule has 1 aromatic carbocycles. The molecule has 0 saturated carbocycles. The average Bonchev–Trinajstić information content (AvgIpc) is 2.06. The molecule has 0 saturated heterocycles. The first kappa shape index (κ1) is 6.92. The molecular formula is C9H7BrO. The van der Waals surface area contributed by atoms with Gasteiger partial charge in [0.05, 0.1) is 11.1 Å². The van der Waals surface area contributed by atoms with E-state index < -0.39 is 0 Å². The number of ether oxygens (including phenoxy) is 1. The molecule has 0 bridgehead atoms. The van der Waals surface area contributed by atoms with Crippen molar-refractivity contribution >= 4 is 15.9 Å². The minimum absolute atomic E-state index is 0.299. The van der Waals surface area contributed by atoms with Crippen LogP contribution >= 0.6 is 15.9 Å². The van der Waals surface area contributed by atoms with Gasteiger partial charge in [-0.3, -0.25) is 0 Å². The number of fused-ring (bicyclic) bond motifs is 1. The molecule has 0 N–H and O–H groups in total. The molecule has 1 aliphatic heterocycles. The Kier molecular flexibility index (Phi) is 1.70. The van der Waals surface area contributed by atoms with Gasteiger partial charge in [0.25, 0.3) is 0 Å². The number of allylic oxidation sites excluding steroid dienone is 1. The number of hydrogen-bond donors (Lipinski definition) is 0. The highest BCUT2D eigenvalue weighted by Gasteiger charge is 2.12. The van der Waals surface area contributed by atoms with Crippen LogP contribution in [0.2, 0.25) is 0 Å². The predicted octanol–water partition coefficient (Wildman–Crippen LogP) is 3.03. The molecule has 2 heteroatoms. The number of benzene rings is 1. The maximum atomic E-state index is 5.28. The van der Waals surface area contributed by atoms with Crippen LogP contribution in [0.25, 0.3) is 0 Å². The highest BCUT2D eigenvalue weighted by atomic mass is 79.9. The van der Waals surface area contributed by atoms with Gasteiger partial charge in [-0.05, 0) is 12.1 Å². The van der Waals surface area contributed by atoms with E-state index in [2.05, 4.69) is 22.0 Å². The molecule has 1 unspecified atom stereocenters. The lowest BCUT2D eigenvalue weighted by Crippen LogP contribution is -1.97. The Hall–Kier alpha value is -0.760. The van der Waals surface area contributed by atoms with Crippen molar-refractivity contribution < 1.29 is 4.74 Å². The van der Waals surface area contributed by atoms with Crippen molar-refractivity contribution in [2.45, 2.75) is 4.83 Å². The fraction of sp³-hybridized carbons (Fsp3) is 0.111. The van der Waals surface area contributed by atoms with Gasteiger partial charge >= 0.3 is 0 Å². The molecule has 56 valence electrons. The van der Waals surface area contributed by atoms with Gasteiger partial charge in [0.2, 0.25) is 0 Å². The Morgan fingerprint density at radius 1 is 1.27 bits per heavy atom. The summed E-state index contributed by atoms with van der Waals surface area (Å²) in [4.78, 5) is 0.299. The van der Waals surface area contributed by atoms with Crippen LogP contribution in [0.15, 0.2) is 36.6 Å². The van der Waals surface area contributed by atoms with Gasteiger partial charge in [-0.1, -0.05) is 34.1 Å². The van der Waals surface area contributed by atoms with Crippen LogP contribution in [0.4, 0.5) is 0 Å². The largest absolute Gasteiger partial charge is 0.465 e. The Bertz CT molecular complexity index is 293. The van der Waals surface area contributed by atoms with Crippen LogP contribution in [0.3, 0.4) is 0 Å². The summed E-state index contributed by atoms with van der Waals surface area (Å²) in [5.74, 6) is 0.942. The quantitative estimate of drug-likeness (QED) is 0.599. The van der Waals surface area contributed by atoms with Crippen molar-refractivity contribution in [3.8, 4) is 5.75 Å². The van der Waals surface area contributed by atoms with Crippen molar-refractivity contribution in [1.29, 1.82) is 0 Å². The van der Waals surface area contributed by atoms with Crippen molar-refractivity contribution in [2.24, 2.45) is 0 Å². The molecule has 0 amide bonds. The fourth-order valence-electron chi connectivity index (χ4n) is 1.10. The van der Waals surface area contributed by atoms with Gasteiger partial charge in [-0.15, -0.1) is 0 Å². The Morgan fingerprint density at radius 2 is 2.09 bits per heavy atom. The summed E-state index contributed by atoms with van der Waals surface area (Å²) in [6.45, 7) is 0. The maximum Gasteiger partial charge on any atom is 0.131 e. The lowest BCUT2D eigenvalue weighted by atomic mass is 10.1. The van der Waals surface area contributed by atoms with Crippen LogP contribution in [0.5, 0.6) is 5.75 Å². The summed E-state index contributed by atoms with van der Waals surface area (Å²) in [6.07, 6.45) is 3.68. The van der Waals surface area contributed by atoms with Crippen molar-refractivity contribution in [1.82, 2.24) is 0 Å². The second-order valence-electron chi connectivity index (χ2n) is 2.39. The molecular weight excluding hydrogens is 204 g/mol. The fourth-order valence-corrected chi connectivity index (χ4v) is 1.60. The Labute approximate surface area is 73.8 Å². The molecule has 11 heavy (non-hydrogen) atoms. The second kappa shape index (κ2) is 2.70. The van der Waals surface area contributed by atoms with Gasteiger partial charge < -0.3 is 4.74 Å². The zero-order chi connectivity index (χ0) is 7.68. The van der Waals surface area contributed by atoms with Gasteiger partial charge in [-0.25, -0.2) is 0 Å². The summed E-state index contributed by atoms with van der Waals surface area (Å²) >= 11 is 3.52. The third-order valence-corrected chi connectivity index (χ3v) is 2.46. The number of rotatable bonds is 0. The Morgan fingerprint density at radius 3 is 2.91 bits per heavy atom. The van der Waals surface area contributed by atoms with Gasteiger partial charge in [0.15, 0.2) is 0 Å². The van der Waals surface area contributed by atoms with E-state index in [1.54, 1.807) is 6.26 Å². The highest BCUT2D eigenvalue weighted by molar-refractivity contribution is 9.09. The second-order valence-corrected chi connectivity index (χ2v) is 3.37. The third kappa shape index (κ3) is 1.18. The van der Waals surface area contributed by atoms with Crippen LogP contribution in [-0.4, -0.2) is 0 Å². The summed E-state index contributed by atoms with van der Waals surface area (Å²) < 4.78 is 5.28. The van der Waals surface area contributed by atoms with Gasteiger partial charge in [0.1, 0.15) is 5.75 Å². The van der Waals surface area contributed by atoms with E-state index in [1.807, 2.05) is 24.3 Å². The zero-order valence-corrected chi connectivity index (χ0v) is 7.41. The Balaban J connectivity index is 2.50. The van der Waals surface area contributed by atoms with Crippen LogP contribution < -0.4 is 4.74 Å². The number of hydrogen-bond acceptors (Lipinski definition) is 1. The summed E-state index contributed by atoms with van der Waals surface area (Å²) in [5.41, 5.74) is 1.19. The van der Waals surface area contributed by atoms with E-state index in [-0.39, 0.29) is 0 Å². The molecule has 0 aliphatic carbocycles. The lowest BCUT2D eigenvalue weighted by molar-refractivity contribution is 0.464. The van der Waals surface area contributed by atoms with Crippen LogP contribution in [-0.2, 0) is 0 Å². The van der Waals surface area contributed by atoms with E-state index in [1.165, 1.54) is 5.56 Å². The average molecular weight is 211 g/mol. The topological polar surface area (TPSA) is 9.23 Å². The molecule has 1 atom stereocenters. The summed E-state index contributed by atoms with van der Waals surface area (Å²) in [6, 6.07) is 8.00. The van der Waals surface area contributed by atoms with Crippen LogP contribution in [0, 0.1) is 0 Å². The summed E-state index contributed by atoms with van der Waals surface area (Å²) in [5, 5.41) is 0. The number of alkyl halides is 1. The molecule has 1 nitrogen and oxygen atoms in total. The normalized spacial score (nSPS) is 20.6. The first-order chi connectivity index (χ1) is 5.38. The molecule has 2 rings (SSSR count). The first-order valence-corrected chi connectivity index (χ1v) is 4.36. The predicted molar refractivity (Wildman–Crippen MR) is 47.9 cm³/mol. The minimum atomic E-state index is 0.299. The van der Waals surface area contributed by atoms with E-state index >= 15 is 0 Å². The standard InChI is InChI=1S/C9H7BrO/c10-8-5-6-11-9-4-2-1-3-7(8)9/h1-6,8H. The molecule has 0 radical (unpaired) electrons. The van der Waals surface area contributed by atoms with Crippen LogP contribution in [0.1, 0.15) is 10.4 Å². The molecule has 1 aromatic rings. The van der Waals surface area contributed by atoms with Crippen molar-refractivity contribution in [3.05, 3.63) is 42.2 Å². The maximum absolute atomic E-state index is 5.28. The third-order valence-electron chi connectivity index (χ3n) is 1.66. The molecule has 1 heterocycles. The van der Waals surface area contributed by atoms with E-state index in [4.69, 9.17) is 4.74 Å². The van der Waals surface area contributed by atoms with E-state index in [0.29, 0.717) is 4.83 Å². The number of para-hydroxylation sites is 1. The number of halogens is 1. The zero-order valence-electron chi connectivity index (χ0n) is 5.83.